The molecule has 6 heteroatoms. The van der Waals surface area contributed by atoms with Crippen molar-refractivity contribution < 1.29 is 4.79 Å². The fourth-order valence-electron chi connectivity index (χ4n) is 2.85. The van der Waals surface area contributed by atoms with E-state index in [1.54, 1.807) is 24.3 Å². The van der Waals surface area contributed by atoms with Gasteiger partial charge in [0.1, 0.15) is 5.01 Å². The number of thiazole rings is 1. The average Bonchev–Trinajstić information content (AvgIpc) is 3.24. The van der Waals surface area contributed by atoms with E-state index in [9.17, 15) is 4.79 Å². The number of carbonyl (C=O) groups is 1. The first-order chi connectivity index (χ1) is 14.1. The number of hydrogen-bond donors (Lipinski definition) is 1. The van der Waals surface area contributed by atoms with Crippen LogP contribution in [0.3, 0.4) is 0 Å². The second kappa shape index (κ2) is 8.27. The van der Waals surface area contributed by atoms with Crippen LogP contribution in [0, 0.1) is 11.3 Å². The molecule has 4 aromatic rings. The molecule has 0 atom stereocenters. The molecule has 3 aromatic carbocycles. The van der Waals surface area contributed by atoms with Crippen molar-refractivity contribution in [1.82, 2.24) is 4.98 Å². The Labute approximate surface area is 177 Å². The van der Waals surface area contributed by atoms with Crippen molar-refractivity contribution in [1.29, 1.82) is 5.26 Å². The van der Waals surface area contributed by atoms with Gasteiger partial charge in [0.05, 0.1) is 22.3 Å². The van der Waals surface area contributed by atoms with E-state index < -0.39 is 0 Å². The smallest absolute Gasteiger partial charge is 0.255 e. The highest BCUT2D eigenvalue weighted by atomic mass is 35.5. The van der Waals surface area contributed by atoms with Crippen molar-refractivity contribution in [2.75, 3.05) is 5.32 Å². The third-order valence-corrected chi connectivity index (χ3v) is 5.48. The minimum absolute atomic E-state index is 0.269. The summed E-state index contributed by atoms with van der Waals surface area (Å²) in [6.45, 7) is 0. The topological polar surface area (TPSA) is 65.8 Å². The molecular formula is C23H14ClN3OS. The average molecular weight is 416 g/mol. The number of benzene rings is 3. The van der Waals surface area contributed by atoms with Gasteiger partial charge in [-0.2, -0.15) is 5.26 Å². The van der Waals surface area contributed by atoms with Crippen molar-refractivity contribution in [2.45, 2.75) is 0 Å². The van der Waals surface area contributed by atoms with Crippen LogP contribution in [0.25, 0.3) is 21.8 Å². The number of anilines is 1. The van der Waals surface area contributed by atoms with Gasteiger partial charge in [-0.3, -0.25) is 4.79 Å². The normalized spacial score (nSPS) is 10.3. The third-order valence-electron chi connectivity index (χ3n) is 4.28. The van der Waals surface area contributed by atoms with E-state index in [1.165, 1.54) is 11.3 Å². The Morgan fingerprint density at radius 2 is 1.86 bits per heavy atom. The number of amides is 1. The Bertz CT molecular complexity index is 1240. The first kappa shape index (κ1) is 18.9. The highest BCUT2D eigenvalue weighted by Gasteiger charge is 2.11. The summed E-state index contributed by atoms with van der Waals surface area (Å²) < 4.78 is 0. The van der Waals surface area contributed by atoms with E-state index in [2.05, 4.69) is 5.32 Å². The van der Waals surface area contributed by atoms with E-state index in [-0.39, 0.29) is 5.91 Å². The highest BCUT2D eigenvalue weighted by molar-refractivity contribution is 7.13. The summed E-state index contributed by atoms with van der Waals surface area (Å²) in [7, 11) is 0. The lowest BCUT2D eigenvalue weighted by Crippen LogP contribution is -2.11. The first-order valence-electron chi connectivity index (χ1n) is 8.76. The summed E-state index contributed by atoms with van der Waals surface area (Å²) in [6, 6.07) is 23.7. The van der Waals surface area contributed by atoms with Crippen molar-refractivity contribution in [3.05, 3.63) is 94.3 Å². The van der Waals surface area contributed by atoms with E-state index in [4.69, 9.17) is 21.8 Å². The fraction of sp³-hybridized carbons (Fsp3) is 0. The van der Waals surface area contributed by atoms with Crippen LogP contribution in [0.5, 0.6) is 0 Å². The van der Waals surface area contributed by atoms with Crippen LogP contribution in [0.1, 0.15) is 15.9 Å². The van der Waals surface area contributed by atoms with E-state index in [0.29, 0.717) is 21.8 Å². The maximum atomic E-state index is 12.5. The summed E-state index contributed by atoms with van der Waals surface area (Å²) in [5.41, 5.74) is 4.13. The van der Waals surface area contributed by atoms with Crippen LogP contribution in [-0.4, -0.2) is 10.9 Å². The third kappa shape index (κ3) is 4.19. The minimum atomic E-state index is -0.269. The Morgan fingerprint density at radius 3 is 2.69 bits per heavy atom. The van der Waals surface area contributed by atoms with Gasteiger partial charge in [0.25, 0.3) is 5.91 Å². The fourth-order valence-corrected chi connectivity index (χ4v) is 4.00. The lowest BCUT2D eigenvalue weighted by atomic mass is 10.1. The number of rotatable bonds is 4. The van der Waals surface area contributed by atoms with Gasteiger partial charge in [-0.05, 0) is 36.4 Å². The Kier molecular flexibility index (Phi) is 5.39. The van der Waals surface area contributed by atoms with Crippen LogP contribution in [0.2, 0.25) is 5.02 Å². The Balaban J connectivity index is 1.57. The van der Waals surface area contributed by atoms with Gasteiger partial charge in [0, 0.05) is 27.8 Å². The molecule has 0 radical (unpaired) electrons. The largest absolute Gasteiger partial charge is 0.322 e. The lowest BCUT2D eigenvalue weighted by molar-refractivity contribution is 0.102. The van der Waals surface area contributed by atoms with Crippen LogP contribution >= 0.6 is 22.9 Å². The number of nitriles is 1. The molecule has 0 saturated heterocycles. The molecule has 1 amide bonds. The predicted molar refractivity (Wildman–Crippen MR) is 117 cm³/mol. The van der Waals surface area contributed by atoms with Crippen molar-refractivity contribution in [2.24, 2.45) is 0 Å². The van der Waals surface area contributed by atoms with Crippen molar-refractivity contribution >= 4 is 34.5 Å². The van der Waals surface area contributed by atoms with E-state index in [1.807, 2.05) is 60.0 Å². The molecule has 0 aliphatic heterocycles. The van der Waals surface area contributed by atoms with Gasteiger partial charge >= 0.3 is 0 Å². The first-order valence-corrected chi connectivity index (χ1v) is 10.0. The lowest BCUT2D eigenvalue weighted by Gasteiger charge is -2.07. The maximum absolute atomic E-state index is 12.5. The molecule has 0 fully saturated rings. The summed E-state index contributed by atoms with van der Waals surface area (Å²) in [5, 5.41) is 15.3. The summed E-state index contributed by atoms with van der Waals surface area (Å²) >= 11 is 7.79. The monoisotopic (exact) mass is 415 g/mol. The van der Waals surface area contributed by atoms with Crippen LogP contribution in [0.15, 0.2) is 78.2 Å². The molecule has 0 spiro atoms. The molecule has 4 nitrogen and oxygen atoms in total. The molecule has 1 N–H and O–H groups in total. The molecule has 0 saturated carbocycles. The van der Waals surface area contributed by atoms with Crippen LogP contribution in [0.4, 0.5) is 5.69 Å². The standard InChI is InChI=1S/C23H14ClN3OS/c24-20-10-2-1-9-19(20)23-27-21(14-29-23)16-6-4-8-18(12-16)26-22(28)17-7-3-5-15(11-17)13-25/h1-12,14H,(H,26,28). The highest BCUT2D eigenvalue weighted by Crippen LogP contribution is 2.33. The molecule has 29 heavy (non-hydrogen) atoms. The predicted octanol–water partition coefficient (Wildman–Crippen LogP) is 6.25. The molecule has 140 valence electrons. The second-order valence-electron chi connectivity index (χ2n) is 6.25. The Morgan fingerprint density at radius 1 is 1.03 bits per heavy atom. The SMILES string of the molecule is N#Cc1cccc(C(=O)Nc2cccc(-c3csc(-c4ccccc4Cl)n3)c2)c1. The zero-order valence-electron chi connectivity index (χ0n) is 15.1. The molecule has 0 aliphatic carbocycles. The second-order valence-corrected chi connectivity index (χ2v) is 7.51. The van der Waals surface area contributed by atoms with Gasteiger partial charge < -0.3 is 5.32 Å². The Hall–Kier alpha value is -3.46. The molecule has 1 heterocycles. The van der Waals surface area contributed by atoms with Gasteiger partial charge in [0.2, 0.25) is 0 Å². The minimum Gasteiger partial charge on any atom is -0.322 e. The van der Waals surface area contributed by atoms with Gasteiger partial charge in [0.15, 0.2) is 0 Å². The molecule has 0 aliphatic rings. The molecular weight excluding hydrogens is 402 g/mol. The van der Waals surface area contributed by atoms with Crippen molar-refractivity contribution in [3.8, 4) is 27.9 Å². The zero-order valence-corrected chi connectivity index (χ0v) is 16.7. The van der Waals surface area contributed by atoms with Crippen molar-refractivity contribution in [3.63, 3.8) is 0 Å². The van der Waals surface area contributed by atoms with E-state index in [0.717, 1.165) is 21.8 Å². The van der Waals surface area contributed by atoms with Gasteiger partial charge in [-0.25, -0.2) is 4.98 Å². The van der Waals surface area contributed by atoms with Crippen LogP contribution in [-0.2, 0) is 0 Å². The summed E-state index contributed by atoms with van der Waals surface area (Å²) in [5.74, 6) is -0.269. The quantitative estimate of drug-likeness (QED) is 0.428. The molecule has 4 rings (SSSR count). The molecule has 0 bridgehead atoms. The number of nitrogens with zero attached hydrogens (tertiary/aromatic N) is 2. The number of carbonyl (C=O) groups excluding carboxylic acids is 1. The van der Waals surface area contributed by atoms with Gasteiger partial charge in [-0.15, -0.1) is 11.3 Å². The van der Waals surface area contributed by atoms with Crippen LogP contribution < -0.4 is 5.32 Å². The van der Waals surface area contributed by atoms with E-state index >= 15 is 0 Å². The number of aromatic nitrogens is 1. The summed E-state index contributed by atoms with van der Waals surface area (Å²) in [4.78, 5) is 17.2. The number of hydrogen-bond acceptors (Lipinski definition) is 4. The number of nitrogens with one attached hydrogen (secondary N) is 1. The molecule has 0 unspecified atom stereocenters. The number of halogens is 1. The zero-order chi connectivity index (χ0) is 20.2. The molecule has 1 aromatic heterocycles. The van der Waals surface area contributed by atoms with Gasteiger partial charge in [-0.1, -0.05) is 48.0 Å². The maximum Gasteiger partial charge on any atom is 0.255 e. The summed E-state index contributed by atoms with van der Waals surface area (Å²) in [6.07, 6.45) is 0.